The third-order valence-corrected chi connectivity index (χ3v) is 3.41. The van der Waals surface area contributed by atoms with E-state index in [0.717, 1.165) is 22.8 Å². The molecule has 6 nitrogen and oxygen atoms in total. The van der Waals surface area contributed by atoms with Crippen molar-refractivity contribution in [2.45, 2.75) is 13.8 Å². The summed E-state index contributed by atoms with van der Waals surface area (Å²) < 4.78 is 7.23. The fraction of sp³-hybridized carbons (Fsp3) is 0.214. The van der Waals surface area contributed by atoms with E-state index in [4.69, 9.17) is 16.3 Å². The van der Waals surface area contributed by atoms with Crippen molar-refractivity contribution in [1.29, 1.82) is 0 Å². The number of ether oxygens (including phenoxy) is 1. The van der Waals surface area contributed by atoms with Crippen LogP contribution in [0.15, 0.2) is 30.6 Å². The van der Waals surface area contributed by atoms with Crippen molar-refractivity contribution < 1.29 is 4.74 Å². The predicted octanol–water partition coefficient (Wildman–Crippen LogP) is 3.23. The quantitative estimate of drug-likeness (QED) is 0.750. The molecular formula is C14H14ClN5O. The molecule has 1 aromatic carbocycles. The van der Waals surface area contributed by atoms with Crippen LogP contribution in [0, 0.1) is 6.92 Å². The van der Waals surface area contributed by atoms with Gasteiger partial charge in [0.25, 0.3) is 5.78 Å². The van der Waals surface area contributed by atoms with Crippen molar-refractivity contribution in [2.24, 2.45) is 0 Å². The third-order valence-electron chi connectivity index (χ3n) is 3.04. The van der Waals surface area contributed by atoms with E-state index in [1.165, 1.54) is 6.33 Å². The minimum atomic E-state index is 0.395. The van der Waals surface area contributed by atoms with Crippen LogP contribution in [0.5, 0.6) is 5.75 Å². The first kappa shape index (κ1) is 13.6. The van der Waals surface area contributed by atoms with Crippen LogP contribution in [0.3, 0.4) is 0 Å². The Balaban J connectivity index is 2.10. The van der Waals surface area contributed by atoms with Crippen LogP contribution in [0.2, 0.25) is 5.15 Å². The van der Waals surface area contributed by atoms with Crippen molar-refractivity contribution in [3.63, 3.8) is 0 Å². The minimum Gasteiger partial charge on any atom is -0.492 e. The third kappa shape index (κ3) is 2.50. The Labute approximate surface area is 126 Å². The molecule has 2 aromatic heterocycles. The van der Waals surface area contributed by atoms with Crippen LogP contribution in [-0.4, -0.2) is 26.2 Å². The van der Waals surface area contributed by atoms with Crippen LogP contribution in [-0.2, 0) is 0 Å². The van der Waals surface area contributed by atoms with Gasteiger partial charge in [-0.05, 0) is 26.0 Å². The molecule has 0 aliphatic carbocycles. The molecule has 2 heterocycles. The average molecular weight is 304 g/mol. The molecule has 1 N–H and O–H groups in total. The first-order chi connectivity index (χ1) is 10.2. The summed E-state index contributed by atoms with van der Waals surface area (Å²) in [6.45, 7) is 4.41. The first-order valence-corrected chi connectivity index (χ1v) is 6.93. The fourth-order valence-corrected chi connectivity index (χ4v) is 2.19. The van der Waals surface area contributed by atoms with Gasteiger partial charge in [0.2, 0.25) is 0 Å². The molecule has 7 heteroatoms. The van der Waals surface area contributed by atoms with Crippen LogP contribution >= 0.6 is 11.6 Å². The molecule has 0 aliphatic heterocycles. The summed E-state index contributed by atoms with van der Waals surface area (Å²) in [6, 6.07) is 7.69. The van der Waals surface area contributed by atoms with Gasteiger partial charge in [-0.25, -0.2) is 0 Å². The highest BCUT2D eigenvalue weighted by Gasteiger charge is 2.14. The molecule has 0 fully saturated rings. The molecule has 0 unspecified atom stereocenters. The summed E-state index contributed by atoms with van der Waals surface area (Å²) in [5.74, 6) is 1.93. The summed E-state index contributed by atoms with van der Waals surface area (Å²) in [4.78, 5) is 8.25. The lowest BCUT2D eigenvalue weighted by atomic mass is 10.2. The van der Waals surface area contributed by atoms with Crippen molar-refractivity contribution in [3.05, 3.63) is 41.3 Å². The first-order valence-electron chi connectivity index (χ1n) is 6.55. The van der Waals surface area contributed by atoms with Crippen molar-refractivity contribution in [3.8, 4) is 5.75 Å². The Morgan fingerprint density at radius 1 is 1.33 bits per heavy atom. The van der Waals surface area contributed by atoms with Gasteiger partial charge in [0, 0.05) is 5.56 Å². The van der Waals surface area contributed by atoms with Gasteiger partial charge in [-0.15, -0.1) is 0 Å². The summed E-state index contributed by atoms with van der Waals surface area (Å²) in [7, 11) is 0. The molecule has 0 amide bonds. The molecule has 3 aromatic rings. The van der Waals surface area contributed by atoms with E-state index in [9.17, 15) is 0 Å². The Morgan fingerprint density at radius 3 is 2.95 bits per heavy atom. The Bertz CT molecular complexity index is 786. The molecule has 0 saturated carbocycles. The van der Waals surface area contributed by atoms with E-state index in [0.29, 0.717) is 17.5 Å². The molecule has 3 rings (SSSR count). The molecular weight excluding hydrogens is 290 g/mol. The molecule has 0 atom stereocenters. The maximum absolute atomic E-state index is 6.15. The van der Waals surface area contributed by atoms with E-state index in [1.807, 2.05) is 38.1 Å². The van der Waals surface area contributed by atoms with Gasteiger partial charge < -0.3 is 10.1 Å². The zero-order chi connectivity index (χ0) is 14.8. The number of nitrogens with one attached hydrogen (secondary N) is 1. The lowest BCUT2D eigenvalue weighted by Gasteiger charge is -2.14. The van der Waals surface area contributed by atoms with Crippen molar-refractivity contribution >= 4 is 28.9 Å². The Kier molecular flexibility index (Phi) is 3.62. The van der Waals surface area contributed by atoms with Crippen molar-refractivity contribution in [2.75, 3.05) is 11.9 Å². The molecule has 21 heavy (non-hydrogen) atoms. The van der Waals surface area contributed by atoms with Crippen LogP contribution in [0.4, 0.5) is 11.5 Å². The van der Waals surface area contributed by atoms with Gasteiger partial charge in [-0.3, -0.25) is 0 Å². The van der Waals surface area contributed by atoms with E-state index < -0.39 is 0 Å². The maximum Gasteiger partial charge on any atom is 0.255 e. The number of hydrogen-bond donors (Lipinski definition) is 1. The zero-order valence-electron chi connectivity index (χ0n) is 11.7. The molecule has 0 bridgehead atoms. The Morgan fingerprint density at radius 2 is 2.14 bits per heavy atom. The fourth-order valence-electron chi connectivity index (χ4n) is 2.02. The highest BCUT2D eigenvalue weighted by Crippen LogP contribution is 2.30. The number of benzene rings is 1. The van der Waals surface area contributed by atoms with Gasteiger partial charge in [-0.1, -0.05) is 23.7 Å². The number of halogens is 1. The number of aromatic nitrogens is 4. The van der Waals surface area contributed by atoms with E-state index in [-0.39, 0.29) is 0 Å². The minimum absolute atomic E-state index is 0.395. The maximum atomic E-state index is 6.15. The summed E-state index contributed by atoms with van der Waals surface area (Å²) in [5, 5.41) is 7.88. The van der Waals surface area contributed by atoms with E-state index >= 15 is 0 Å². The van der Waals surface area contributed by atoms with Gasteiger partial charge >= 0.3 is 0 Å². The van der Waals surface area contributed by atoms with Crippen LogP contribution in [0.1, 0.15) is 12.5 Å². The normalized spacial score (nSPS) is 10.8. The summed E-state index contributed by atoms with van der Waals surface area (Å²) in [5.41, 5.74) is 1.63. The van der Waals surface area contributed by atoms with Crippen LogP contribution < -0.4 is 10.1 Å². The number of fused-ring (bicyclic) bond motifs is 1. The SMILES string of the molecule is CCOc1ccccc1Nc1c(C)c(Cl)nc2ncnn12. The molecule has 108 valence electrons. The molecule has 0 saturated heterocycles. The van der Waals surface area contributed by atoms with Gasteiger partial charge in [-0.2, -0.15) is 19.6 Å². The highest BCUT2D eigenvalue weighted by atomic mass is 35.5. The lowest BCUT2D eigenvalue weighted by molar-refractivity contribution is 0.342. The average Bonchev–Trinajstić information content (AvgIpc) is 2.93. The van der Waals surface area contributed by atoms with Crippen molar-refractivity contribution in [1.82, 2.24) is 19.6 Å². The number of rotatable bonds is 4. The lowest BCUT2D eigenvalue weighted by Crippen LogP contribution is -2.06. The number of hydrogen-bond acceptors (Lipinski definition) is 5. The van der Waals surface area contributed by atoms with Gasteiger partial charge in [0.05, 0.1) is 12.3 Å². The monoisotopic (exact) mass is 303 g/mol. The van der Waals surface area contributed by atoms with Crippen LogP contribution in [0.25, 0.3) is 5.78 Å². The van der Waals surface area contributed by atoms with Gasteiger partial charge in [0.15, 0.2) is 0 Å². The summed E-state index contributed by atoms with van der Waals surface area (Å²) in [6.07, 6.45) is 1.44. The second-order valence-electron chi connectivity index (χ2n) is 4.40. The second kappa shape index (κ2) is 5.57. The smallest absolute Gasteiger partial charge is 0.255 e. The molecule has 0 spiro atoms. The molecule has 0 aliphatic rings. The molecule has 0 radical (unpaired) electrons. The van der Waals surface area contributed by atoms with Gasteiger partial charge in [0.1, 0.15) is 23.0 Å². The number of nitrogens with zero attached hydrogens (tertiary/aromatic N) is 4. The zero-order valence-corrected chi connectivity index (χ0v) is 12.4. The largest absolute Gasteiger partial charge is 0.492 e. The standard InChI is InChI=1S/C14H14ClN5O/c1-3-21-11-7-5-4-6-10(11)18-13-9(2)12(15)19-14-16-8-17-20(13)14/h4-8,18H,3H2,1-2H3. The topological polar surface area (TPSA) is 64.3 Å². The van der Waals surface area contributed by atoms with E-state index in [2.05, 4.69) is 20.4 Å². The highest BCUT2D eigenvalue weighted by molar-refractivity contribution is 6.30. The second-order valence-corrected chi connectivity index (χ2v) is 4.76. The number of anilines is 2. The Hall–Kier alpha value is -2.34. The van der Waals surface area contributed by atoms with E-state index in [1.54, 1.807) is 4.52 Å². The summed E-state index contributed by atoms with van der Waals surface area (Å²) >= 11 is 6.15. The predicted molar refractivity (Wildman–Crippen MR) is 81.4 cm³/mol. The number of para-hydroxylation sites is 2.